The third kappa shape index (κ3) is 6.92. The molecule has 5 aliphatic rings. The number of anilines is 2. The number of hydrogen-bond donors (Lipinski definition) is 3. The van der Waals surface area contributed by atoms with Crippen molar-refractivity contribution >= 4 is 52.5 Å². The monoisotopic (exact) mass is 828 g/mol. The molecule has 3 N–H and O–H groups in total. The molecule has 2 amide bonds. The van der Waals surface area contributed by atoms with Crippen LogP contribution in [0.25, 0.3) is 11.1 Å². The van der Waals surface area contributed by atoms with Crippen LogP contribution in [0.1, 0.15) is 102 Å². The Morgan fingerprint density at radius 2 is 1.57 bits per heavy atom. The predicted molar refractivity (Wildman–Crippen MR) is 221 cm³/mol. The number of carbonyl (C=O) groups is 3. The van der Waals surface area contributed by atoms with Crippen molar-refractivity contribution in [3.63, 3.8) is 0 Å². The Hall–Kier alpha value is -4.27. The number of aliphatic carboxylic acids is 1. The Labute approximate surface area is 348 Å². The molecule has 4 aromatic rings. The van der Waals surface area contributed by atoms with Crippen LogP contribution in [0.4, 0.5) is 11.4 Å². The van der Waals surface area contributed by atoms with E-state index in [4.69, 9.17) is 33.3 Å². The highest BCUT2D eigenvalue weighted by molar-refractivity contribution is 6.39. The lowest BCUT2D eigenvalue weighted by Crippen LogP contribution is -2.42. The Bertz CT molecular complexity index is 2290. The van der Waals surface area contributed by atoms with Crippen LogP contribution in [0.2, 0.25) is 5.02 Å². The smallest absolute Gasteiger partial charge is 0.309 e. The second-order valence-corrected chi connectivity index (χ2v) is 18.2. The van der Waals surface area contributed by atoms with E-state index in [-0.39, 0.29) is 23.3 Å². The SMILES string of the molecule is Cn1c(C(=O)Nc2cccc(-c3cccc(N(Cl)C(=O)c4nc5c(n4C)CCN(CC46CCC(C(=O)O)(CC4)C6)C5)c3)c2Cl)nc2c1CCN(C1CCC(O)CC1)C2. The van der Waals surface area contributed by atoms with Gasteiger partial charge < -0.3 is 24.7 Å². The molecule has 15 heteroatoms. The molecule has 0 unspecified atom stereocenters. The zero-order chi connectivity index (χ0) is 40.5. The first kappa shape index (κ1) is 39.2. The molecule has 3 fully saturated rings. The van der Waals surface area contributed by atoms with Crippen LogP contribution < -0.4 is 9.74 Å². The summed E-state index contributed by atoms with van der Waals surface area (Å²) in [6.45, 7) is 3.86. The largest absolute Gasteiger partial charge is 0.481 e. The molecule has 0 radical (unpaired) electrons. The van der Waals surface area contributed by atoms with Gasteiger partial charge in [-0.1, -0.05) is 35.9 Å². The van der Waals surface area contributed by atoms with E-state index in [9.17, 15) is 24.6 Å². The summed E-state index contributed by atoms with van der Waals surface area (Å²) in [6, 6.07) is 13.1. The first-order chi connectivity index (χ1) is 27.8. The number of rotatable bonds is 9. The van der Waals surface area contributed by atoms with Gasteiger partial charge in [-0.15, -0.1) is 0 Å². The molecule has 2 aromatic heterocycles. The molecule has 0 saturated heterocycles. The fraction of sp³-hybridized carbons (Fsp3) is 0.512. The average Bonchev–Trinajstić information content (AvgIpc) is 3.98. The number of nitrogens with zero attached hydrogens (tertiary/aromatic N) is 7. The summed E-state index contributed by atoms with van der Waals surface area (Å²) >= 11 is 13.8. The second kappa shape index (κ2) is 15.1. The summed E-state index contributed by atoms with van der Waals surface area (Å²) in [5, 5.41) is 23.2. The third-order valence-corrected chi connectivity index (χ3v) is 14.8. The Morgan fingerprint density at radius 1 is 0.897 bits per heavy atom. The van der Waals surface area contributed by atoms with Gasteiger partial charge in [0.15, 0.2) is 5.82 Å². The van der Waals surface area contributed by atoms with Gasteiger partial charge in [-0.25, -0.2) is 14.4 Å². The molecule has 2 bridgehead atoms. The Balaban J connectivity index is 0.875. The normalized spacial score (nSPS) is 25.7. The number of fused-ring (bicyclic) bond motifs is 4. The summed E-state index contributed by atoms with van der Waals surface area (Å²) in [5.74, 6) is -0.889. The number of aliphatic hydroxyl groups excluding tert-OH is 1. The standard InChI is InChI=1S/C43H50Cl2N8O5/c1-49-35-14-20-52(27-9-11-29(54)12-10-27)23-33(35)46-37(49)39(55)48-31-8-4-7-30(36(31)44)26-5-3-6-28(21-26)53(45)40(56)38-47-32-22-51(19-13-34(32)50(38)2)25-42-15-17-43(24-42,18-16-42)41(57)58/h3-8,21,27,29,54H,9-20,22-25H2,1-2H3,(H,48,55)(H,57,58). The van der Waals surface area contributed by atoms with E-state index >= 15 is 0 Å². The van der Waals surface area contributed by atoms with Crippen LogP contribution in [0.5, 0.6) is 0 Å². The highest BCUT2D eigenvalue weighted by atomic mass is 35.5. The van der Waals surface area contributed by atoms with Crippen LogP contribution in [0, 0.1) is 10.8 Å². The van der Waals surface area contributed by atoms with Crippen LogP contribution >= 0.6 is 23.4 Å². The Kier molecular flexibility index (Phi) is 10.2. The minimum Gasteiger partial charge on any atom is -0.481 e. The van der Waals surface area contributed by atoms with Crippen molar-refractivity contribution in [3.05, 3.63) is 81.9 Å². The first-order valence-corrected chi connectivity index (χ1v) is 21.2. The number of benzene rings is 2. The summed E-state index contributed by atoms with van der Waals surface area (Å²) in [5.41, 5.74) is 5.56. The summed E-state index contributed by atoms with van der Waals surface area (Å²) in [7, 11) is 3.73. The number of carbonyl (C=O) groups excluding carboxylic acids is 2. The average molecular weight is 830 g/mol. The molecule has 0 spiro atoms. The number of halogens is 2. The summed E-state index contributed by atoms with van der Waals surface area (Å²) in [4.78, 5) is 54.1. The molecule has 4 heterocycles. The molecule has 0 atom stereocenters. The van der Waals surface area contributed by atoms with Gasteiger partial charge in [0.2, 0.25) is 5.82 Å². The third-order valence-electron chi connectivity index (χ3n) is 14.0. The number of amides is 2. The number of aliphatic hydroxyl groups is 1. The van der Waals surface area contributed by atoms with Gasteiger partial charge in [0.1, 0.15) is 0 Å². The van der Waals surface area contributed by atoms with E-state index in [1.54, 1.807) is 24.3 Å². The fourth-order valence-electron chi connectivity index (χ4n) is 10.7. The maximum absolute atomic E-state index is 13.9. The highest BCUT2D eigenvalue weighted by Crippen LogP contribution is 2.62. The van der Waals surface area contributed by atoms with Crippen LogP contribution in [-0.2, 0) is 44.8 Å². The maximum atomic E-state index is 13.9. The lowest BCUT2D eigenvalue weighted by atomic mass is 9.81. The zero-order valence-corrected chi connectivity index (χ0v) is 34.5. The van der Waals surface area contributed by atoms with E-state index in [2.05, 4.69) is 15.1 Å². The van der Waals surface area contributed by atoms with E-state index in [1.165, 1.54) is 0 Å². The van der Waals surface area contributed by atoms with Crippen molar-refractivity contribution in [2.45, 2.75) is 95.9 Å². The number of imidazole rings is 2. The maximum Gasteiger partial charge on any atom is 0.309 e. The molecular formula is C43H50Cl2N8O5. The van der Waals surface area contributed by atoms with Crippen molar-refractivity contribution in [2.75, 3.05) is 29.4 Å². The number of carboxylic acid groups (broad SMARTS) is 1. The van der Waals surface area contributed by atoms with Crippen molar-refractivity contribution in [2.24, 2.45) is 24.9 Å². The quantitative estimate of drug-likeness (QED) is 0.159. The number of nitrogens with one attached hydrogen (secondary N) is 1. The number of carboxylic acids is 1. The summed E-state index contributed by atoms with van der Waals surface area (Å²) < 4.78 is 4.80. The van der Waals surface area contributed by atoms with E-state index in [0.717, 1.165) is 117 Å². The lowest BCUT2D eigenvalue weighted by Gasteiger charge is -2.37. The van der Waals surface area contributed by atoms with Crippen molar-refractivity contribution < 1.29 is 24.6 Å². The zero-order valence-electron chi connectivity index (χ0n) is 33.0. The second-order valence-electron chi connectivity index (χ2n) is 17.4. The molecule has 2 aliphatic heterocycles. The minimum absolute atomic E-state index is 0.0398. The number of hydrogen-bond acceptors (Lipinski definition) is 8. The molecule has 2 aromatic carbocycles. The number of aromatic nitrogens is 4. The van der Waals surface area contributed by atoms with Gasteiger partial charge in [0, 0.05) is 94.4 Å². The van der Waals surface area contributed by atoms with Gasteiger partial charge in [-0.05, 0) is 87.0 Å². The van der Waals surface area contributed by atoms with Gasteiger partial charge in [0.05, 0.1) is 39.3 Å². The lowest BCUT2D eigenvalue weighted by molar-refractivity contribution is -0.148. The predicted octanol–water partition coefficient (Wildman–Crippen LogP) is 6.58. The fourth-order valence-corrected chi connectivity index (χ4v) is 11.2. The van der Waals surface area contributed by atoms with E-state index < -0.39 is 17.3 Å². The first-order valence-electron chi connectivity index (χ1n) is 20.5. The highest BCUT2D eigenvalue weighted by Gasteiger charge is 2.58. The topological polar surface area (TPSA) is 149 Å². The molecule has 9 rings (SSSR count). The Morgan fingerprint density at radius 3 is 2.29 bits per heavy atom. The van der Waals surface area contributed by atoms with Crippen molar-refractivity contribution in [1.29, 1.82) is 0 Å². The molecule has 3 saturated carbocycles. The molecule has 306 valence electrons. The van der Waals surface area contributed by atoms with Crippen LogP contribution in [-0.4, -0.2) is 88.7 Å². The van der Waals surface area contributed by atoms with E-state index in [1.807, 2.05) is 41.4 Å². The van der Waals surface area contributed by atoms with Gasteiger partial charge in [-0.3, -0.25) is 24.2 Å². The molecule has 58 heavy (non-hydrogen) atoms. The molecule has 13 nitrogen and oxygen atoms in total. The summed E-state index contributed by atoms with van der Waals surface area (Å²) in [6.07, 6.45) is 9.08. The van der Waals surface area contributed by atoms with Crippen LogP contribution in [0.15, 0.2) is 42.5 Å². The molecule has 3 aliphatic carbocycles. The van der Waals surface area contributed by atoms with Crippen LogP contribution in [0.3, 0.4) is 0 Å². The van der Waals surface area contributed by atoms with Gasteiger partial charge >= 0.3 is 11.9 Å². The van der Waals surface area contributed by atoms with Crippen molar-refractivity contribution in [3.8, 4) is 11.1 Å². The van der Waals surface area contributed by atoms with Gasteiger partial charge in [0.25, 0.3) is 5.91 Å². The van der Waals surface area contributed by atoms with Gasteiger partial charge in [-0.2, -0.15) is 0 Å². The minimum atomic E-state index is -0.651. The molecular weight excluding hydrogens is 779 g/mol. The van der Waals surface area contributed by atoms with Crippen molar-refractivity contribution in [1.82, 2.24) is 28.9 Å². The van der Waals surface area contributed by atoms with E-state index in [0.29, 0.717) is 52.5 Å².